The number of ketones is 1. The highest BCUT2D eigenvalue weighted by Crippen LogP contribution is 2.02. The predicted molar refractivity (Wildman–Crippen MR) is 51.6 cm³/mol. The van der Waals surface area contributed by atoms with E-state index in [1.54, 1.807) is 0 Å². The van der Waals surface area contributed by atoms with Crippen molar-refractivity contribution in [3.63, 3.8) is 0 Å². The number of esters is 1. The van der Waals surface area contributed by atoms with Gasteiger partial charge in [-0.2, -0.15) is 0 Å². The molecule has 15 heavy (non-hydrogen) atoms. The average Bonchev–Trinajstić information content (AvgIpc) is 2.49. The fourth-order valence-electron chi connectivity index (χ4n) is 0.974. The Morgan fingerprint density at radius 2 is 2.20 bits per heavy atom. The first-order chi connectivity index (χ1) is 7.02. The molecule has 5 heteroatoms. The first kappa shape index (κ1) is 11.2. The smallest absolute Gasteiger partial charge is 0.333 e. The Bertz CT molecular complexity index is 356. The van der Waals surface area contributed by atoms with Gasteiger partial charge < -0.3 is 9.64 Å². The zero-order chi connectivity index (χ0) is 11.4. The number of carbonyl (C=O) groups excluding carboxylic acids is 3. The summed E-state index contributed by atoms with van der Waals surface area (Å²) in [6.07, 6.45) is 2.56. The lowest BCUT2D eigenvalue weighted by Gasteiger charge is -2.12. The predicted octanol–water partition coefficient (Wildman–Crippen LogP) is 0.0307. The van der Waals surface area contributed by atoms with E-state index in [1.165, 1.54) is 24.1 Å². The van der Waals surface area contributed by atoms with Gasteiger partial charge in [0, 0.05) is 17.8 Å². The van der Waals surface area contributed by atoms with Crippen molar-refractivity contribution in [1.29, 1.82) is 0 Å². The summed E-state index contributed by atoms with van der Waals surface area (Å²) in [6.45, 7) is 5.18. The maximum atomic E-state index is 11.1. The molecular weight excluding hydrogens is 198 g/mol. The molecule has 0 saturated heterocycles. The van der Waals surface area contributed by atoms with Crippen molar-refractivity contribution >= 4 is 17.7 Å². The van der Waals surface area contributed by atoms with E-state index in [-0.39, 0.29) is 13.2 Å². The van der Waals surface area contributed by atoms with Crippen LogP contribution in [0.15, 0.2) is 24.4 Å². The van der Waals surface area contributed by atoms with Crippen LogP contribution in [-0.2, 0) is 19.1 Å². The molecule has 1 aliphatic rings. The number of rotatable bonds is 4. The van der Waals surface area contributed by atoms with Crippen LogP contribution in [0.3, 0.4) is 0 Å². The Morgan fingerprint density at radius 3 is 2.67 bits per heavy atom. The number of hydrogen-bond acceptors (Lipinski definition) is 4. The van der Waals surface area contributed by atoms with Gasteiger partial charge in [0.25, 0.3) is 5.91 Å². The molecule has 0 spiro atoms. The molecule has 0 aromatic rings. The summed E-state index contributed by atoms with van der Waals surface area (Å²) >= 11 is 0. The van der Waals surface area contributed by atoms with Crippen molar-refractivity contribution in [2.75, 3.05) is 13.2 Å². The largest absolute Gasteiger partial charge is 0.460 e. The lowest BCUT2D eigenvalue weighted by Crippen LogP contribution is -2.29. The quantitative estimate of drug-likeness (QED) is 0.372. The molecule has 0 radical (unpaired) electrons. The monoisotopic (exact) mass is 209 g/mol. The lowest BCUT2D eigenvalue weighted by molar-refractivity contribution is -0.142. The van der Waals surface area contributed by atoms with Crippen LogP contribution in [0.1, 0.15) is 6.92 Å². The van der Waals surface area contributed by atoms with Crippen LogP contribution in [0.5, 0.6) is 0 Å². The van der Waals surface area contributed by atoms with E-state index in [2.05, 4.69) is 6.58 Å². The molecular formula is C10H11NO4. The Balaban J connectivity index is 2.30. The third-order valence-electron chi connectivity index (χ3n) is 1.79. The van der Waals surface area contributed by atoms with Crippen molar-refractivity contribution in [3.8, 4) is 0 Å². The summed E-state index contributed by atoms with van der Waals surface area (Å²) in [6, 6.07) is 0. The Labute approximate surface area is 87.0 Å². The van der Waals surface area contributed by atoms with Crippen molar-refractivity contribution < 1.29 is 19.1 Å². The highest BCUT2D eigenvalue weighted by atomic mass is 16.5. The normalized spacial score (nSPS) is 14.6. The molecule has 0 aromatic heterocycles. The van der Waals surface area contributed by atoms with Crippen LogP contribution in [0, 0.1) is 0 Å². The number of hydrogen-bond donors (Lipinski definition) is 0. The second kappa shape index (κ2) is 4.54. The van der Waals surface area contributed by atoms with E-state index in [1.807, 2.05) is 0 Å². The number of amides is 1. The van der Waals surface area contributed by atoms with Gasteiger partial charge in [0.15, 0.2) is 0 Å². The van der Waals surface area contributed by atoms with Crippen LogP contribution in [-0.4, -0.2) is 35.7 Å². The molecule has 0 atom stereocenters. The summed E-state index contributed by atoms with van der Waals surface area (Å²) in [4.78, 5) is 34.0. The van der Waals surface area contributed by atoms with Gasteiger partial charge in [-0.25, -0.2) is 4.79 Å². The van der Waals surface area contributed by atoms with Crippen LogP contribution in [0.4, 0.5) is 0 Å². The summed E-state index contributed by atoms with van der Waals surface area (Å²) in [5.41, 5.74) is 0.300. The fourth-order valence-corrected chi connectivity index (χ4v) is 0.974. The third kappa shape index (κ3) is 2.77. The maximum Gasteiger partial charge on any atom is 0.333 e. The fraction of sp³-hybridized carbons (Fsp3) is 0.300. The lowest BCUT2D eigenvalue weighted by atomic mass is 10.4. The minimum atomic E-state index is -0.596. The van der Waals surface area contributed by atoms with Gasteiger partial charge >= 0.3 is 5.97 Å². The van der Waals surface area contributed by atoms with E-state index in [0.29, 0.717) is 5.57 Å². The summed E-state index contributed by atoms with van der Waals surface area (Å²) < 4.78 is 4.77. The maximum absolute atomic E-state index is 11.1. The Hall–Kier alpha value is -1.91. The first-order valence-electron chi connectivity index (χ1n) is 4.38. The molecule has 1 rings (SSSR count). The molecule has 0 N–H and O–H groups in total. The zero-order valence-electron chi connectivity index (χ0n) is 8.36. The van der Waals surface area contributed by atoms with Gasteiger partial charge in [-0.1, -0.05) is 6.58 Å². The average molecular weight is 209 g/mol. The van der Waals surface area contributed by atoms with Crippen molar-refractivity contribution in [1.82, 2.24) is 4.90 Å². The summed E-state index contributed by atoms with van der Waals surface area (Å²) in [5, 5.41) is 0. The minimum Gasteiger partial charge on any atom is -0.460 e. The zero-order valence-corrected chi connectivity index (χ0v) is 8.36. The van der Waals surface area contributed by atoms with E-state index in [9.17, 15) is 14.4 Å². The topological polar surface area (TPSA) is 63.7 Å². The van der Waals surface area contributed by atoms with Gasteiger partial charge in [-0.15, -0.1) is 0 Å². The minimum absolute atomic E-state index is 0.0506. The molecule has 1 amide bonds. The van der Waals surface area contributed by atoms with Crippen LogP contribution in [0.25, 0.3) is 0 Å². The molecule has 0 aliphatic carbocycles. The van der Waals surface area contributed by atoms with Gasteiger partial charge in [0.1, 0.15) is 6.61 Å². The van der Waals surface area contributed by atoms with Crippen molar-refractivity contribution in [2.24, 2.45) is 0 Å². The van der Waals surface area contributed by atoms with E-state index in [4.69, 9.17) is 4.74 Å². The number of carbonyl (C=O) groups is 3. The molecule has 0 fully saturated rings. The molecule has 0 bridgehead atoms. The standard InChI is InChI=1S/C10H11NO4/c1-7(2)10(14)15-6-5-11-4-3-8(12)9(11)13/h3-4H,1,5-6H2,2H3. The van der Waals surface area contributed by atoms with Gasteiger partial charge in [-0.05, 0) is 6.92 Å². The molecule has 80 valence electrons. The van der Waals surface area contributed by atoms with Gasteiger partial charge in [-0.3, -0.25) is 9.59 Å². The molecule has 0 saturated carbocycles. The SMILES string of the molecule is C=C(C)C(=O)OCCN1C=CC(=O)C1=O. The second-order valence-electron chi connectivity index (χ2n) is 3.09. The van der Waals surface area contributed by atoms with Crippen LogP contribution in [0.2, 0.25) is 0 Å². The van der Waals surface area contributed by atoms with Crippen molar-refractivity contribution in [2.45, 2.75) is 6.92 Å². The van der Waals surface area contributed by atoms with Gasteiger partial charge in [0.2, 0.25) is 5.78 Å². The molecule has 1 heterocycles. The van der Waals surface area contributed by atoms with E-state index >= 15 is 0 Å². The highest BCUT2D eigenvalue weighted by molar-refractivity contribution is 6.42. The number of ether oxygens (including phenoxy) is 1. The van der Waals surface area contributed by atoms with Crippen LogP contribution < -0.4 is 0 Å². The highest BCUT2D eigenvalue weighted by Gasteiger charge is 2.23. The first-order valence-corrected chi connectivity index (χ1v) is 4.38. The summed E-state index contributed by atoms with van der Waals surface area (Å²) in [5.74, 6) is -1.65. The molecule has 1 aliphatic heterocycles. The van der Waals surface area contributed by atoms with E-state index < -0.39 is 17.7 Å². The Kier molecular flexibility index (Phi) is 3.38. The number of nitrogens with zero attached hydrogens (tertiary/aromatic N) is 1. The summed E-state index contributed by atoms with van der Waals surface area (Å²) in [7, 11) is 0. The van der Waals surface area contributed by atoms with Crippen LogP contribution >= 0.6 is 0 Å². The Morgan fingerprint density at radius 1 is 1.53 bits per heavy atom. The van der Waals surface area contributed by atoms with Gasteiger partial charge in [0.05, 0.1) is 6.54 Å². The third-order valence-corrected chi connectivity index (χ3v) is 1.79. The van der Waals surface area contributed by atoms with E-state index in [0.717, 1.165) is 0 Å². The molecule has 0 aromatic carbocycles. The molecule has 0 unspecified atom stereocenters. The molecule has 5 nitrogen and oxygen atoms in total. The van der Waals surface area contributed by atoms with Crippen molar-refractivity contribution in [3.05, 3.63) is 24.4 Å². The second-order valence-corrected chi connectivity index (χ2v) is 3.09.